The van der Waals surface area contributed by atoms with Crippen LogP contribution in [0.3, 0.4) is 0 Å². The smallest absolute Gasteiger partial charge is 0.304 e. The number of nitrogens with one attached hydrogen (secondary N) is 1. The Morgan fingerprint density at radius 2 is 2.35 bits per heavy atom. The van der Waals surface area contributed by atoms with Gasteiger partial charge in [-0.15, -0.1) is 0 Å². The van der Waals surface area contributed by atoms with Gasteiger partial charge in [0, 0.05) is 11.6 Å². The van der Waals surface area contributed by atoms with E-state index >= 15 is 0 Å². The first-order valence-electron chi connectivity index (χ1n) is 5.64. The maximum absolute atomic E-state index is 10.9. The van der Waals surface area contributed by atoms with Crippen LogP contribution in [-0.4, -0.2) is 26.0 Å². The number of aromatic nitrogens is 3. The molecule has 1 aliphatic carbocycles. The Labute approximate surface area is 97.9 Å². The van der Waals surface area contributed by atoms with Crippen LogP contribution in [0.4, 0.5) is 0 Å². The van der Waals surface area contributed by atoms with Gasteiger partial charge in [-0.3, -0.25) is 4.79 Å². The Morgan fingerprint density at radius 3 is 3.00 bits per heavy atom. The number of hydrogen-bond acceptors (Lipinski definition) is 3. The highest BCUT2D eigenvalue weighted by Gasteiger charge is 2.46. The highest BCUT2D eigenvalue weighted by molar-refractivity contribution is 5.74. The summed E-state index contributed by atoms with van der Waals surface area (Å²) in [6, 6.07) is 1.98. The molecule has 0 amide bonds. The summed E-state index contributed by atoms with van der Waals surface area (Å²) >= 11 is 0. The van der Waals surface area contributed by atoms with Crippen LogP contribution in [0, 0.1) is 6.92 Å². The average molecular weight is 231 g/mol. The first-order valence-corrected chi connectivity index (χ1v) is 5.64. The molecular formula is C12H13N3O2. The van der Waals surface area contributed by atoms with Crippen molar-refractivity contribution >= 4 is 17.1 Å². The molecule has 1 aliphatic rings. The zero-order valence-corrected chi connectivity index (χ0v) is 9.53. The van der Waals surface area contributed by atoms with Crippen LogP contribution >= 0.6 is 0 Å². The summed E-state index contributed by atoms with van der Waals surface area (Å²) < 4.78 is 0. The predicted octanol–water partition coefficient (Wildman–Crippen LogP) is 1.77. The Kier molecular flexibility index (Phi) is 1.98. The lowest BCUT2D eigenvalue weighted by atomic mass is 9.94. The third-order valence-electron chi connectivity index (χ3n) is 3.41. The molecule has 0 unspecified atom stereocenters. The van der Waals surface area contributed by atoms with Crippen molar-refractivity contribution in [2.75, 3.05) is 0 Å². The Bertz CT molecular complexity index is 599. The standard InChI is InChI=1S/C12H13N3O2/c1-7-14-9-4-8(6-13-11(9)15-7)12(2-3-12)5-10(16)17/h4,6H,2-3,5H2,1H3,(H,16,17)(H,13,14,15). The maximum Gasteiger partial charge on any atom is 0.304 e. The van der Waals surface area contributed by atoms with Gasteiger partial charge in [-0.05, 0) is 31.4 Å². The fraction of sp³-hybridized carbons (Fsp3) is 0.417. The second-order valence-corrected chi connectivity index (χ2v) is 4.77. The number of pyridine rings is 1. The number of carbonyl (C=O) groups is 1. The number of aryl methyl sites for hydroxylation is 1. The summed E-state index contributed by atoms with van der Waals surface area (Å²) in [7, 11) is 0. The first kappa shape index (κ1) is 10.3. The van der Waals surface area contributed by atoms with Gasteiger partial charge in [0.1, 0.15) is 5.82 Å². The molecule has 2 N–H and O–H groups in total. The SMILES string of the molecule is Cc1nc2ncc(C3(CC(=O)O)CC3)cc2[nH]1. The van der Waals surface area contributed by atoms with Crippen molar-refractivity contribution in [3.8, 4) is 0 Å². The zero-order chi connectivity index (χ0) is 12.0. The van der Waals surface area contributed by atoms with Crippen LogP contribution in [-0.2, 0) is 10.2 Å². The molecule has 2 aromatic rings. The third-order valence-corrected chi connectivity index (χ3v) is 3.41. The average Bonchev–Trinajstić information content (AvgIpc) is 2.91. The van der Waals surface area contributed by atoms with E-state index in [0.29, 0.717) is 5.65 Å². The monoisotopic (exact) mass is 231 g/mol. The van der Waals surface area contributed by atoms with E-state index in [0.717, 1.165) is 29.7 Å². The molecular weight excluding hydrogens is 218 g/mol. The van der Waals surface area contributed by atoms with E-state index in [-0.39, 0.29) is 11.8 Å². The molecule has 2 heterocycles. The molecule has 0 bridgehead atoms. The summed E-state index contributed by atoms with van der Waals surface area (Å²) in [5.41, 5.74) is 2.40. The van der Waals surface area contributed by atoms with Crippen LogP contribution in [0.5, 0.6) is 0 Å². The molecule has 0 spiro atoms. The van der Waals surface area contributed by atoms with Crippen molar-refractivity contribution in [2.45, 2.75) is 31.6 Å². The Balaban J connectivity index is 2.03. The summed E-state index contributed by atoms with van der Waals surface area (Å²) in [5, 5.41) is 8.93. The summed E-state index contributed by atoms with van der Waals surface area (Å²) in [4.78, 5) is 22.5. The lowest BCUT2D eigenvalue weighted by molar-refractivity contribution is -0.137. The van der Waals surface area contributed by atoms with Crippen LogP contribution in [0.25, 0.3) is 11.2 Å². The van der Waals surface area contributed by atoms with E-state index in [2.05, 4.69) is 15.0 Å². The largest absolute Gasteiger partial charge is 0.481 e. The van der Waals surface area contributed by atoms with E-state index in [1.807, 2.05) is 13.0 Å². The van der Waals surface area contributed by atoms with Crippen LogP contribution in [0.15, 0.2) is 12.3 Å². The lowest BCUT2D eigenvalue weighted by Crippen LogP contribution is -2.13. The van der Waals surface area contributed by atoms with Gasteiger partial charge in [-0.25, -0.2) is 9.97 Å². The van der Waals surface area contributed by atoms with Gasteiger partial charge in [0.2, 0.25) is 0 Å². The summed E-state index contributed by atoms with van der Waals surface area (Å²) in [5.74, 6) is 0.0797. The minimum atomic E-state index is -0.747. The number of hydrogen-bond donors (Lipinski definition) is 2. The quantitative estimate of drug-likeness (QED) is 0.843. The number of carboxylic acids is 1. The summed E-state index contributed by atoms with van der Waals surface area (Å²) in [6.45, 7) is 1.88. The fourth-order valence-electron chi connectivity index (χ4n) is 2.32. The topological polar surface area (TPSA) is 78.9 Å². The Hall–Kier alpha value is -1.91. The van der Waals surface area contributed by atoms with Crippen LogP contribution < -0.4 is 0 Å². The molecule has 2 aromatic heterocycles. The Morgan fingerprint density at radius 1 is 1.59 bits per heavy atom. The molecule has 0 aromatic carbocycles. The first-order chi connectivity index (χ1) is 8.09. The lowest BCUT2D eigenvalue weighted by Gasteiger charge is -2.11. The molecule has 1 saturated carbocycles. The van der Waals surface area contributed by atoms with Gasteiger partial charge >= 0.3 is 5.97 Å². The number of rotatable bonds is 3. The van der Waals surface area contributed by atoms with Crippen molar-refractivity contribution in [2.24, 2.45) is 0 Å². The van der Waals surface area contributed by atoms with Gasteiger partial charge in [0.25, 0.3) is 0 Å². The van der Waals surface area contributed by atoms with Crippen molar-refractivity contribution in [1.82, 2.24) is 15.0 Å². The van der Waals surface area contributed by atoms with Crippen molar-refractivity contribution in [3.05, 3.63) is 23.7 Å². The second-order valence-electron chi connectivity index (χ2n) is 4.77. The third kappa shape index (κ3) is 1.67. The molecule has 0 aliphatic heterocycles. The number of imidazole rings is 1. The maximum atomic E-state index is 10.9. The fourth-order valence-corrected chi connectivity index (χ4v) is 2.32. The van der Waals surface area contributed by atoms with E-state index in [1.54, 1.807) is 6.20 Å². The molecule has 0 saturated heterocycles. The molecule has 88 valence electrons. The molecule has 1 fully saturated rings. The minimum Gasteiger partial charge on any atom is -0.481 e. The number of nitrogens with zero attached hydrogens (tertiary/aromatic N) is 2. The number of fused-ring (bicyclic) bond motifs is 1. The second kappa shape index (κ2) is 3.29. The molecule has 5 nitrogen and oxygen atoms in total. The highest BCUT2D eigenvalue weighted by atomic mass is 16.4. The molecule has 0 radical (unpaired) electrons. The van der Waals surface area contributed by atoms with Gasteiger partial charge in [-0.2, -0.15) is 0 Å². The molecule has 5 heteroatoms. The van der Waals surface area contributed by atoms with E-state index in [9.17, 15) is 4.79 Å². The molecule has 0 atom stereocenters. The number of aromatic amines is 1. The van der Waals surface area contributed by atoms with Gasteiger partial charge in [0.05, 0.1) is 11.9 Å². The number of H-pyrrole nitrogens is 1. The predicted molar refractivity (Wildman–Crippen MR) is 61.8 cm³/mol. The summed E-state index contributed by atoms with van der Waals surface area (Å²) in [6.07, 6.45) is 3.81. The van der Waals surface area contributed by atoms with E-state index in [1.165, 1.54) is 0 Å². The normalized spacial score (nSPS) is 17.2. The van der Waals surface area contributed by atoms with Crippen LogP contribution in [0.1, 0.15) is 30.7 Å². The van der Waals surface area contributed by atoms with E-state index < -0.39 is 5.97 Å². The molecule has 17 heavy (non-hydrogen) atoms. The minimum absolute atomic E-state index is 0.188. The van der Waals surface area contributed by atoms with Crippen LogP contribution in [0.2, 0.25) is 0 Å². The van der Waals surface area contributed by atoms with Gasteiger partial charge in [-0.1, -0.05) is 0 Å². The molecule has 3 rings (SSSR count). The number of carboxylic acid groups (broad SMARTS) is 1. The highest BCUT2D eigenvalue weighted by Crippen LogP contribution is 2.51. The number of aliphatic carboxylic acids is 1. The van der Waals surface area contributed by atoms with Crippen molar-refractivity contribution in [3.63, 3.8) is 0 Å². The van der Waals surface area contributed by atoms with Gasteiger partial charge < -0.3 is 10.1 Å². The van der Waals surface area contributed by atoms with Crippen molar-refractivity contribution < 1.29 is 9.90 Å². The van der Waals surface area contributed by atoms with E-state index in [4.69, 9.17) is 5.11 Å². The zero-order valence-electron chi connectivity index (χ0n) is 9.53. The van der Waals surface area contributed by atoms with Gasteiger partial charge in [0.15, 0.2) is 5.65 Å². The van der Waals surface area contributed by atoms with Crippen molar-refractivity contribution in [1.29, 1.82) is 0 Å².